The Kier molecular flexibility index (Phi) is 5.65. The fraction of sp³-hybridized carbons (Fsp3) is 0.667. The minimum atomic E-state index is -0.120. The second-order valence-corrected chi connectivity index (χ2v) is 6.61. The molecule has 1 aromatic carbocycles. The summed E-state index contributed by atoms with van der Waals surface area (Å²) < 4.78 is 11.4. The Morgan fingerprint density at radius 3 is 2.29 bits per heavy atom. The quantitative estimate of drug-likeness (QED) is 0.868. The molecule has 0 spiro atoms. The minimum absolute atomic E-state index is 0.120. The van der Waals surface area contributed by atoms with Crippen LogP contribution in [0.15, 0.2) is 24.3 Å². The van der Waals surface area contributed by atoms with Crippen LogP contribution in [0.3, 0.4) is 0 Å². The highest BCUT2D eigenvalue weighted by Gasteiger charge is 2.35. The second-order valence-electron chi connectivity index (χ2n) is 6.61. The highest BCUT2D eigenvalue weighted by atomic mass is 16.5. The van der Waals surface area contributed by atoms with Gasteiger partial charge in [-0.15, -0.1) is 0 Å². The monoisotopic (exact) mass is 291 g/mol. The normalized spacial score (nSPS) is 26.0. The van der Waals surface area contributed by atoms with Crippen LogP contribution in [0.4, 0.5) is 0 Å². The molecular weight excluding hydrogens is 262 g/mol. The Balaban J connectivity index is 1.90. The lowest BCUT2D eigenvalue weighted by atomic mass is 9.74. The number of hydrogen-bond acceptors (Lipinski definition) is 3. The molecule has 0 radical (unpaired) electrons. The fourth-order valence-corrected chi connectivity index (χ4v) is 3.20. The first-order valence-electron chi connectivity index (χ1n) is 8.05. The fourth-order valence-electron chi connectivity index (χ4n) is 3.20. The first-order valence-corrected chi connectivity index (χ1v) is 8.05. The van der Waals surface area contributed by atoms with Gasteiger partial charge in [-0.1, -0.05) is 26.0 Å². The molecule has 118 valence electrons. The maximum Gasteiger partial charge on any atom is 0.118 e. The smallest absolute Gasteiger partial charge is 0.118 e. The number of methoxy groups -OCH3 is 1. The summed E-state index contributed by atoms with van der Waals surface area (Å²) in [6, 6.07) is 8.07. The van der Waals surface area contributed by atoms with E-state index in [1.54, 1.807) is 7.11 Å². The van der Waals surface area contributed by atoms with Gasteiger partial charge in [0, 0.05) is 6.54 Å². The predicted octanol–water partition coefficient (Wildman–Crippen LogP) is 3.76. The van der Waals surface area contributed by atoms with Crippen LogP contribution in [0.2, 0.25) is 0 Å². The Hall–Kier alpha value is -1.06. The maximum atomic E-state index is 6.24. The highest BCUT2D eigenvalue weighted by Crippen LogP contribution is 2.38. The van der Waals surface area contributed by atoms with Crippen LogP contribution in [0.25, 0.3) is 0 Å². The molecule has 1 aromatic rings. The summed E-state index contributed by atoms with van der Waals surface area (Å²) in [5.74, 6) is 2.47. The van der Waals surface area contributed by atoms with Crippen molar-refractivity contribution in [3.63, 3.8) is 0 Å². The summed E-state index contributed by atoms with van der Waals surface area (Å²) in [5, 5.41) is 0. The van der Waals surface area contributed by atoms with Gasteiger partial charge in [-0.05, 0) is 55.2 Å². The molecule has 0 bridgehead atoms. The molecule has 0 aliphatic heterocycles. The third-order valence-corrected chi connectivity index (χ3v) is 4.96. The number of hydrogen-bond donors (Lipinski definition) is 1. The lowest BCUT2D eigenvalue weighted by Crippen LogP contribution is -2.44. The van der Waals surface area contributed by atoms with Crippen LogP contribution >= 0.6 is 0 Å². The molecule has 1 aliphatic rings. The average molecular weight is 291 g/mol. The molecule has 0 atom stereocenters. The van der Waals surface area contributed by atoms with Gasteiger partial charge in [-0.3, -0.25) is 0 Å². The number of benzene rings is 1. The highest BCUT2D eigenvalue weighted by molar-refractivity contribution is 5.26. The molecule has 0 aromatic heterocycles. The van der Waals surface area contributed by atoms with Gasteiger partial charge in [0.2, 0.25) is 0 Å². The predicted molar refractivity (Wildman–Crippen MR) is 86.4 cm³/mol. The van der Waals surface area contributed by atoms with E-state index in [1.165, 1.54) is 18.4 Å². The summed E-state index contributed by atoms with van der Waals surface area (Å²) in [4.78, 5) is 0. The van der Waals surface area contributed by atoms with Crippen molar-refractivity contribution in [3.05, 3.63) is 29.8 Å². The molecule has 0 saturated heterocycles. The van der Waals surface area contributed by atoms with Crippen molar-refractivity contribution in [2.24, 2.45) is 17.6 Å². The van der Waals surface area contributed by atoms with Gasteiger partial charge < -0.3 is 15.2 Å². The first-order chi connectivity index (χ1) is 10.1. The third kappa shape index (κ3) is 4.21. The molecule has 21 heavy (non-hydrogen) atoms. The van der Waals surface area contributed by atoms with Gasteiger partial charge in [-0.25, -0.2) is 0 Å². The molecule has 3 heteroatoms. The van der Waals surface area contributed by atoms with Crippen molar-refractivity contribution in [1.82, 2.24) is 0 Å². The first kappa shape index (κ1) is 16.3. The Morgan fingerprint density at radius 1 is 1.19 bits per heavy atom. The van der Waals surface area contributed by atoms with Gasteiger partial charge in [0.15, 0.2) is 0 Å². The zero-order valence-electron chi connectivity index (χ0n) is 13.6. The Morgan fingerprint density at radius 2 is 1.81 bits per heavy atom. The maximum absolute atomic E-state index is 6.24. The molecule has 0 unspecified atom stereocenters. The van der Waals surface area contributed by atoms with E-state index in [0.717, 1.165) is 30.4 Å². The van der Waals surface area contributed by atoms with Crippen molar-refractivity contribution in [2.75, 3.05) is 13.7 Å². The molecular formula is C18H29NO2. The molecule has 0 amide bonds. The topological polar surface area (TPSA) is 44.5 Å². The van der Waals surface area contributed by atoms with Crippen LogP contribution in [-0.2, 0) is 11.3 Å². The number of ether oxygens (including phenoxy) is 2. The molecule has 0 heterocycles. The third-order valence-electron chi connectivity index (χ3n) is 4.96. The lowest BCUT2D eigenvalue weighted by molar-refractivity contribution is -0.0840. The van der Waals surface area contributed by atoms with E-state index in [1.807, 2.05) is 12.1 Å². The standard InChI is InChI=1S/C18H29NO2/c1-14(2)16-8-10-18(13-19,11-9-16)21-12-15-4-6-17(20-3)7-5-15/h4-7,14,16H,8-13,19H2,1-3H3. The summed E-state index contributed by atoms with van der Waals surface area (Å²) >= 11 is 0. The van der Waals surface area contributed by atoms with Gasteiger partial charge >= 0.3 is 0 Å². The molecule has 2 N–H and O–H groups in total. The van der Waals surface area contributed by atoms with Crippen molar-refractivity contribution in [2.45, 2.75) is 51.7 Å². The van der Waals surface area contributed by atoms with Crippen molar-refractivity contribution in [1.29, 1.82) is 0 Å². The lowest BCUT2D eigenvalue weighted by Gasteiger charge is -2.40. The van der Waals surface area contributed by atoms with Gasteiger partial charge in [0.05, 0.1) is 19.3 Å². The summed E-state index contributed by atoms with van der Waals surface area (Å²) in [6.45, 7) is 5.89. The SMILES string of the molecule is COc1ccc(COC2(CN)CCC(C(C)C)CC2)cc1. The van der Waals surface area contributed by atoms with Crippen LogP contribution in [0.1, 0.15) is 45.1 Å². The summed E-state index contributed by atoms with van der Waals surface area (Å²) in [7, 11) is 1.68. The Bertz CT molecular complexity index is 419. The zero-order valence-corrected chi connectivity index (χ0v) is 13.6. The van der Waals surface area contributed by atoms with E-state index in [9.17, 15) is 0 Å². The molecule has 1 fully saturated rings. The summed E-state index contributed by atoms with van der Waals surface area (Å²) in [6.07, 6.45) is 4.64. The van der Waals surface area contributed by atoms with E-state index in [2.05, 4.69) is 26.0 Å². The molecule has 1 aliphatic carbocycles. The Labute approximate surface area is 128 Å². The van der Waals surface area contributed by atoms with Gasteiger partial charge in [-0.2, -0.15) is 0 Å². The van der Waals surface area contributed by atoms with Gasteiger partial charge in [0.1, 0.15) is 5.75 Å². The van der Waals surface area contributed by atoms with E-state index < -0.39 is 0 Å². The largest absolute Gasteiger partial charge is 0.497 e. The zero-order chi connectivity index (χ0) is 15.3. The molecule has 2 rings (SSSR count). The minimum Gasteiger partial charge on any atom is -0.497 e. The van der Waals surface area contributed by atoms with Crippen LogP contribution < -0.4 is 10.5 Å². The van der Waals surface area contributed by atoms with Crippen LogP contribution in [0, 0.1) is 11.8 Å². The summed E-state index contributed by atoms with van der Waals surface area (Å²) in [5.41, 5.74) is 7.08. The number of nitrogens with two attached hydrogens (primary N) is 1. The van der Waals surface area contributed by atoms with Crippen LogP contribution in [-0.4, -0.2) is 19.3 Å². The van der Waals surface area contributed by atoms with E-state index in [0.29, 0.717) is 13.2 Å². The van der Waals surface area contributed by atoms with Crippen LogP contribution in [0.5, 0.6) is 5.75 Å². The van der Waals surface area contributed by atoms with Crippen molar-refractivity contribution in [3.8, 4) is 5.75 Å². The van der Waals surface area contributed by atoms with E-state index in [4.69, 9.17) is 15.2 Å². The second kappa shape index (κ2) is 7.28. The van der Waals surface area contributed by atoms with Crippen molar-refractivity contribution < 1.29 is 9.47 Å². The average Bonchev–Trinajstić information content (AvgIpc) is 2.53. The molecule has 1 saturated carbocycles. The van der Waals surface area contributed by atoms with E-state index >= 15 is 0 Å². The number of rotatable bonds is 6. The van der Waals surface area contributed by atoms with Crippen molar-refractivity contribution >= 4 is 0 Å². The van der Waals surface area contributed by atoms with Gasteiger partial charge in [0.25, 0.3) is 0 Å². The van der Waals surface area contributed by atoms with E-state index in [-0.39, 0.29) is 5.60 Å². The molecule has 3 nitrogen and oxygen atoms in total.